The van der Waals surface area contributed by atoms with Gasteiger partial charge in [-0.1, -0.05) is 60.1 Å². The Morgan fingerprint density at radius 2 is 1.67 bits per heavy atom. The van der Waals surface area contributed by atoms with Gasteiger partial charge < -0.3 is 4.74 Å². The molecular formula is C24H17ClFN3O. The van der Waals surface area contributed by atoms with E-state index in [1.807, 2.05) is 48.5 Å². The van der Waals surface area contributed by atoms with Crippen LogP contribution in [0.2, 0.25) is 5.02 Å². The average molecular weight is 418 g/mol. The molecule has 4 nitrogen and oxygen atoms in total. The van der Waals surface area contributed by atoms with Gasteiger partial charge >= 0.3 is 0 Å². The van der Waals surface area contributed by atoms with E-state index in [1.165, 1.54) is 10.7 Å². The molecular weight excluding hydrogens is 401 g/mol. The van der Waals surface area contributed by atoms with Gasteiger partial charge in [0.15, 0.2) is 0 Å². The van der Waals surface area contributed by atoms with E-state index in [-0.39, 0.29) is 5.82 Å². The van der Waals surface area contributed by atoms with E-state index in [4.69, 9.17) is 21.4 Å². The molecule has 0 radical (unpaired) electrons. The van der Waals surface area contributed by atoms with Gasteiger partial charge in [0.1, 0.15) is 17.0 Å². The lowest BCUT2D eigenvalue weighted by Crippen LogP contribution is -2.08. The Morgan fingerprint density at radius 3 is 2.53 bits per heavy atom. The number of hydrogen-bond donors (Lipinski definition) is 0. The van der Waals surface area contributed by atoms with Gasteiger partial charge in [0.25, 0.3) is 0 Å². The second-order valence-electron chi connectivity index (χ2n) is 6.90. The van der Waals surface area contributed by atoms with E-state index in [0.717, 1.165) is 27.4 Å². The minimum absolute atomic E-state index is 0.325. The topological polar surface area (TPSA) is 39.9 Å². The minimum atomic E-state index is -0.376. The lowest BCUT2D eigenvalue weighted by molar-refractivity contribution is 0.302. The fourth-order valence-electron chi connectivity index (χ4n) is 3.53. The summed E-state index contributed by atoms with van der Waals surface area (Å²) in [6.45, 7) is 0.367. The molecule has 0 spiro atoms. The van der Waals surface area contributed by atoms with Crippen molar-refractivity contribution in [2.75, 3.05) is 6.61 Å². The number of halogens is 2. The number of hydrogen-bond acceptors (Lipinski definition) is 3. The van der Waals surface area contributed by atoms with E-state index in [9.17, 15) is 4.39 Å². The Morgan fingerprint density at radius 1 is 0.900 bits per heavy atom. The lowest BCUT2D eigenvalue weighted by Gasteiger charge is -2.11. The molecule has 0 bridgehead atoms. The monoisotopic (exact) mass is 417 g/mol. The molecule has 148 valence electrons. The van der Waals surface area contributed by atoms with E-state index >= 15 is 0 Å². The number of pyridine rings is 1. The fourth-order valence-corrected chi connectivity index (χ4v) is 3.77. The van der Waals surface area contributed by atoms with E-state index in [1.54, 1.807) is 24.4 Å². The molecule has 0 aliphatic heterocycles. The maximum Gasteiger partial charge on any atom is 0.226 e. The molecule has 0 saturated heterocycles. The summed E-state index contributed by atoms with van der Waals surface area (Å²) in [5.74, 6) is 0.0823. The Bertz CT molecular complexity index is 1370. The van der Waals surface area contributed by atoms with Crippen molar-refractivity contribution in [1.29, 1.82) is 0 Å². The molecule has 0 N–H and O–H groups in total. The van der Waals surface area contributed by atoms with Crippen LogP contribution in [0, 0.1) is 5.82 Å². The van der Waals surface area contributed by atoms with Crippen molar-refractivity contribution in [2.45, 2.75) is 6.42 Å². The average Bonchev–Trinajstić information content (AvgIpc) is 3.14. The normalized spacial score (nSPS) is 11.3. The van der Waals surface area contributed by atoms with Crippen LogP contribution in [0.3, 0.4) is 0 Å². The SMILES string of the molecule is Fc1ccccc1-n1nc2c(cnc3ccccc32)c1OCCc1ccccc1Cl. The van der Waals surface area contributed by atoms with Crippen LogP contribution in [0.25, 0.3) is 27.5 Å². The van der Waals surface area contributed by atoms with Crippen LogP contribution in [0.15, 0.2) is 79.0 Å². The zero-order valence-electron chi connectivity index (χ0n) is 15.9. The fraction of sp³-hybridized carbons (Fsp3) is 0.0833. The first-order valence-corrected chi connectivity index (χ1v) is 9.98. The molecule has 3 aromatic carbocycles. The number of nitrogens with zero attached hydrogens (tertiary/aromatic N) is 3. The number of ether oxygens (including phenoxy) is 1. The van der Waals surface area contributed by atoms with Gasteiger partial charge in [0.2, 0.25) is 5.88 Å². The Hall–Kier alpha value is -3.44. The van der Waals surface area contributed by atoms with Crippen molar-refractivity contribution in [1.82, 2.24) is 14.8 Å². The Labute approximate surface area is 177 Å². The first-order valence-electron chi connectivity index (χ1n) is 9.60. The zero-order valence-corrected chi connectivity index (χ0v) is 16.7. The second kappa shape index (κ2) is 7.76. The highest BCUT2D eigenvalue weighted by molar-refractivity contribution is 6.31. The molecule has 6 heteroatoms. The summed E-state index contributed by atoms with van der Waals surface area (Å²) in [7, 11) is 0. The van der Waals surface area contributed by atoms with Crippen molar-refractivity contribution >= 4 is 33.4 Å². The maximum absolute atomic E-state index is 14.6. The third kappa shape index (κ3) is 3.27. The van der Waals surface area contributed by atoms with Crippen LogP contribution in [-0.2, 0) is 6.42 Å². The molecule has 0 amide bonds. The van der Waals surface area contributed by atoms with Crippen molar-refractivity contribution in [3.63, 3.8) is 0 Å². The van der Waals surface area contributed by atoms with Crippen molar-refractivity contribution in [3.05, 3.63) is 95.4 Å². The molecule has 2 aromatic heterocycles. The Kier molecular flexibility index (Phi) is 4.81. The summed E-state index contributed by atoms with van der Waals surface area (Å²) in [5.41, 5.74) is 2.86. The summed E-state index contributed by atoms with van der Waals surface area (Å²) >= 11 is 6.26. The van der Waals surface area contributed by atoms with Gasteiger partial charge in [-0.3, -0.25) is 4.98 Å². The predicted octanol–water partition coefficient (Wildman–Crippen LogP) is 5.99. The third-order valence-corrected chi connectivity index (χ3v) is 5.39. The van der Waals surface area contributed by atoms with Crippen LogP contribution in [0.5, 0.6) is 5.88 Å². The van der Waals surface area contributed by atoms with Crippen LogP contribution in [0.1, 0.15) is 5.56 Å². The highest BCUT2D eigenvalue weighted by Gasteiger charge is 2.19. The molecule has 0 saturated carbocycles. The number of benzene rings is 3. The summed E-state index contributed by atoms with van der Waals surface area (Å²) in [6, 6.07) is 21.9. The Balaban J connectivity index is 1.61. The largest absolute Gasteiger partial charge is 0.477 e. The maximum atomic E-state index is 14.6. The van der Waals surface area contributed by atoms with Crippen LogP contribution in [-0.4, -0.2) is 21.4 Å². The van der Waals surface area contributed by atoms with Gasteiger partial charge in [-0.25, -0.2) is 4.39 Å². The van der Waals surface area contributed by atoms with Crippen molar-refractivity contribution in [3.8, 4) is 11.6 Å². The van der Waals surface area contributed by atoms with Gasteiger partial charge in [0.05, 0.1) is 17.5 Å². The van der Waals surface area contributed by atoms with Crippen LogP contribution >= 0.6 is 11.6 Å². The van der Waals surface area contributed by atoms with E-state index in [2.05, 4.69) is 4.98 Å². The van der Waals surface area contributed by atoms with E-state index < -0.39 is 0 Å². The first kappa shape index (κ1) is 18.6. The molecule has 0 aliphatic carbocycles. The third-order valence-electron chi connectivity index (χ3n) is 5.02. The predicted molar refractivity (Wildman–Crippen MR) is 117 cm³/mol. The molecule has 0 aliphatic rings. The van der Waals surface area contributed by atoms with Crippen molar-refractivity contribution in [2.24, 2.45) is 0 Å². The number of para-hydroxylation sites is 2. The van der Waals surface area contributed by atoms with Crippen LogP contribution < -0.4 is 4.74 Å². The standard InChI is InChI=1S/C24H17ClFN3O/c25-19-9-3-1-7-16(19)13-14-30-24-18-15-27-21-11-5-2-8-17(21)23(18)28-29(24)22-12-6-4-10-20(22)26/h1-12,15H,13-14H2. The molecule has 30 heavy (non-hydrogen) atoms. The highest BCUT2D eigenvalue weighted by Crippen LogP contribution is 2.33. The molecule has 5 rings (SSSR count). The highest BCUT2D eigenvalue weighted by atomic mass is 35.5. The summed E-state index contributed by atoms with van der Waals surface area (Å²) < 4.78 is 22.2. The molecule has 5 aromatic rings. The zero-order chi connectivity index (χ0) is 20.5. The minimum Gasteiger partial charge on any atom is -0.477 e. The summed E-state index contributed by atoms with van der Waals surface area (Å²) in [5, 5.41) is 7.02. The molecule has 0 unspecified atom stereocenters. The number of aromatic nitrogens is 3. The lowest BCUT2D eigenvalue weighted by atomic mass is 10.1. The number of rotatable bonds is 5. The number of fused-ring (bicyclic) bond motifs is 3. The summed E-state index contributed by atoms with van der Waals surface area (Å²) in [6.07, 6.45) is 2.34. The summed E-state index contributed by atoms with van der Waals surface area (Å²) in [4.78, 5) is 4.53. The molecule has 0 fully saturated rings. The second-order valence-corrected chi connectivity index (χ2v) is 7.30. The quantitative estimate of drug-likeness (QED) is 0.352. The smallest absolute Gasteiger partial charge is 0.226 e. The van der Waals surface area contributed by atoms with Gasteiger partial charge in [-0.2, -0.15) is 9.78 Å². The van der Waals surface area contributed by atoms with Crippen LogP contribution in [0.4, 0.5) is 4.39 Å². The van der Waals surface area contributed by atoms with Gasteiger partial charge in [-0.15, -0.1) is 0 Å². The molecule has 2 heterocycles. The van der Waals surface area contributed by atoms with Gasteiger partial charge in [0, 0.05) is 23.0 Å². The van der Waals surface area contributed by atoms with Crippen molar-refractivity contribution < 1.29 is 9.13 Å². The van der Waals surface area contributed by atoms with E-state index in [0.29, 0.717) is 29.6 Å². The molecule has 0 atom stereocenters. The van der Waals surface area contributed by atoms with Gasteiger partial charge in [-0.05, 0) is 29.8 Å². The first-order chi connectivity index (χ1) is 14.7.